The standard InChI is InChI=1S/C25H25N3O3/c1-29-24-12-19(6-8-23(24)31-16-20-7-9-25(30-2)28-13-20)10-18-4-3-5-21(11-18)22-14-26-17-27-15-22/h3,5-9,11-15,17-18H,4,10,16H2,1-2H3. The van der Waals surface area contributed by atoms with E-state index in [4.69, 9.17) is 14.2 Å². The van der Waals surface area contributed by atoms with Crippen molar-refractivity contribution in [3.63, 3.8) is 0 Å². The zero-order valence-corrected chi connectivity index (χ0v) is 17.7. The second-order valence-corrected chi connectivity index (χ2v) is 7.33. The molecule has 1 aliphatic carbocycles. The number of allylic oxidation sites excluding steroid dienone is 4. The van der Waals surface area contributed by atoms with Crippen molar-refractivity contribution in [3.8, 4) is 17.4 Å². The molecule has 6 nitrogen and oxygen atoms in total. The molecule has 1 aromatic carbocycles. The van der Waals surface area contributed by atoms with Crippen LogP contribution in [0.3, 0.4) is 0 Å². The number of hydrogen-bond acceptors (Lipinski definition) is 6. The summed E-state index contributed by atoms with van der Waals surface area (Å²) in [7, 11) is 3.26. The molecule has 2 heterocycles. The summed E-state index contributed by atoms with van der Waals surface area (Å²) < 4.78 is 16.6. The molecular weight excluding hydrogens is 390 g/mol. The lowest BCUT2D eigenvalue weighted by Crippen LogP contribution is -2.05. The fourth-order valence-electron chi connectivity index (χ4n) is 3.57. The maximum atomic E-state index is 5.96. The fraction of sp³-hybridized carbons (Fsp3) is 0.240. The van der Waals surface area contributed by atoms with Crippen LogP contribution in [0.4, 0.5) is 0 Å². The minimum atomic E-state index is 0.405. The van der Waals surface area contributed by atoms with Gasteiger partial charge in [0, 0.05) is 35.8 Å². The molecule has 0 aliphatic heterocycles. The van der Waals surface area contributed by atoms with Crippen molar-refractivity contribution >= 4 is 5.57 Å². The first-order valence-corrected chi connectivity index (χ1v) is 10.2. The van der Waals surface area contributed by atoms with E-state index in [-0.39, 0.29) is 0 Å². The van der Waals surface area contributed by atoms with Gasteiger partial charge in [-0.2, -0.15) is 0 Å². The van der Waals surface area contributed by atoms with Gasteiger partial charge in [0.25, 0.3) is 0 Å². The summed E-state index contributed by atoms with van der Waals surface area (Å²) in [6, 6.07) is 9.88. The van der Waals surface area contributed by atoms with Crippen LogP contribution in [0.25, 0.3) is 5.57 Å². The smallest absolute Gasteiger partial charge is 0.212 e. The van der Waals surface area contributed by atoms with Gasteiger partial charge in [-0.25, -0.2) is 15.0 Å². The Morgan fingerprint density at radius 2 is 1.77 bits per heavy atom. The average Bonchev–Trinajstić information content (AvgIpc) is 2.84. The van der Waals surface area contributed by atoms with Gasteiger partial charge in [0.15, 0.2) is 11.5 Å². The molecule has 0 amide bonds. The third kappa shape index (κ3) is 5.28. The maximum Gasteiger partial charge on any atom is 0.212 e. The van der Waals surface area contributed by atoms with Crippen molar-refractivity contribution in [1.82, 2.24) is 15.0 Å². The van der Waals surface area contributed by atoms with Gasteiger partial charge in [-0.3, -0.25) is 0 Å². The highest BCUT2D eigenvalue weighted by molar-refractivity contribution is 5.74. The normalized spacial score (nSPS) is 15.3. The van der Waals surface area contributed by atoms with E-state index in [1.807, 2.05) is 30.6 Å². The predicted octanol–water partition coefficient (Wildman–Crippen LogP) is 4.67. The Labute approximate surface area is 182 Å². The lowest BCUT2D eigenvalue weighted by atomic mass is 9.88. The Bertz CT molecular complexity index is 1060. The van der Waals surface area contributed by atoms with E-state index >= 15 is 0 Å². The van der Waals surface area contributed by atoms with E-state index in [1.165, 1.54) is 5.56 Å². The van der Waals surface area contributed by atoms with Gasteiger partial charge in [-0.15, -0.1) is 0 Å². The molecule has 4 rings (SSSR count). The number of aromatic nitrogens is 3. The molecule has 0 saturated heterocycles. The Morgan fingerprint density at radius 3 is 2.52 bits per heavy atom. The van der Waals surface area contributed by atoms with E-state index in [2.05, 4.69) is 45.3 Å². The molecule has 0 spiro atoms. The number of nitrogens with zero attached hydrogens (tertiary/aromatic N) is 3. The van der Waals surface area contributed by atoms with Gasteiger partial charge in [0.05, 0.1) is 14.2 Å². The summed E-state index contributed by atoms with van der Waals surface area (Å²) in [4.78, 5) is 12.5. The van der Waals surface area contributed by atoms with Crippen LogP contribution in [-0.4, -0.2) is 29.2 Å². The molecule has 2 aromatic heterocycles. The predicted molar refractivity (Wildman–Crippen MR) is 119 cm³/mol. The van der Waals surface area contributed by atoms with Crippen LogP contribution >= 0.6 is 0 Å². The molecule has 0 radical (unpaired) electrons. The van der Waals surface area contributed by atoms with Crippen molar-refractivity contribution in [1.29, 1.82) is 0 Å². The van der Waals surface area contributed by atoms with Crippen LogP contribution in [0.2, 0.25) is 0 Å². The molecule has 1 atom stereocenters. The van der Waals surface area contributed by atoms with E-state index in [1.54, 1.807) is 26.7 Å². The summed E-state index contributed by atoms with van der Waals surface area (Å²) in [5, 5.41) is 0. The van der Waals surface area contributed by atoms with Gasteiger partial charge in [0.1, 0.15) is 12.9 Å². The van der Waals surface area contributed by atoms with Gasteiger partial charge >= 0.3 is 0 Å². The molecular formula is C25H25N3O3. The minimum Gasteiger partial charge on any atom is -0.493 e. The first-order valence-electron chi connectivity index (χ1n) is 10.2. The molecule has 158 valence electrons. The molecule has 6 heteroatoms. The average molecular weight is 415 g/mol. The first-order chi connectivity index (χ1) is 15.2. The van der Waals surface area contributed by atoms with Crippen molar-refractivity contribution in [2.24, 2.45) is 5.92 Å². The van der Waals surface area contributed by atoms with Crippen molar-refractivity contribution < 1.29 is 14.2 Å². The van der Waals surface area contributed by atoms with E-state index in [9.17, 15) is 0 Å². The lowest BCUT2D eigenvalue weighted by molar-refractivity contribution is 0.283. The van der Waals surface area contributed by atoms with E-state index in [0.29, 0.717) is 24.2 Å². The fourth-order valence-corrected chi connectivity index (χ4v) is 3.57. The Kier molecular flexibility index (Phi) is 6.57. The zero-order chi connectivity index (χ0) is 21.5. The second kappa shape index (κ2) is 9.89. The SMILES string of the molecule is COc1ccc(COc2ccc(CC3C=C(c4cncnc4)C=CC3)cc2OC)cn1. The van der Waals surface area contributed by atoms with Gasteiger partial charge in [-0.05, 0) is 48.1 Å². The topological polar surface area (TPSA) is 66.4 Å². The monoisotopic (exact) mass is 415 g/mol. The van der Waals surface area contributed by atoms with Gasteiger partial charge in [-0.1, -0.05) is 24.3 Å². The quantitative estimate of drug-likeness (QED) is 0.533. The van der Waals surface area contributed by atoms with Crippen LogP contribution in [0.15, 0.2) is 73.5 Å². The molecule has 0 fully saturated rings. The number of benzene rings is 1. The molecule has 31 heavy (non-hydrogen) atoms. The van der Waals surface area contributed by atoms with Crippen LogP contribution in [0.1, 0.15) is 23.1 Å². The summed E-state index contributed by atoms with van der Waals surface area (Å²) in [5.41, 5.74) is 4.37. The maximum absolute atomic E-state index is 5.96. The van der Waals surface area contributed by atoms with Gasteiger partial charge < -0.3 is 14.2 Å². The molecule has 0 saturated carbocycles. The molecule has 3 aromatic rings. The summed E-state index contributed by atoms with van der Waals surface area (Å²) in [5.74, 6) is 2.43. The molecule has 1 aliphatic rings. The first kappa shape index (κ1) is 20.6. The number of ether oxygens (including phenoxy) is 3. The van der Waals surface area contributed by atoms with Crippen molar-refractivity contribution in [2.45, 2.75) is 19.4 Å². The van der Waals surface area contributed by atoms with Crippen molar-refractivity contribution in [2.75, 3.05) is 14.2 Å². The summed E-state index contributed by atoms with van der Waals surface area (Å²) >= 11 is 0. The summed E-state index contributed by atoms with van der Waals surface area (Å²) in [6.45, 7) is 0.408. The van der Waals surface area contributed by atoms with E-state index in [0.717, 1.165) is 35.3 Å². The molecule has 1 unspecified atom stereocenters. The van der Waals surface area contributed by atoms with Crippen LogP contribution in [0.5, 0.6) is 17.4 Å². The number of methoxy groups -OCH3 is 2. The zero-order valence-electron chi connectivity index (χ0n) is 17.7. The largest absolute Gasteiger partial charge is 0.493 e. The molecule has 0 N–H and O–H groups in total. The van der Waals surface area contributed by atoms with Gasteiger partial charge in [0.2, 0.25) is 5.88 Å². The minimum absolute atomic E-state index is 0.405. The third-order valence-electron chi connectivity index (χ3n) is 5.17. The van der Waals surface area contributed by atoms with Crippen molar-refractivity contribution in [3.05, 3.63) is 90.2 Å². The van der Waals surface area contributed by atoms with Crippen LogP contribution in [0, 0.1) is 5.92 Å². The number of pyridine rings is 1. The van der Waals surface area contributed by atoms with E-state index < -0.39 is 0 Å². The Balaban J connectivity index is 1.42. The Hall–Kier alpha value is -3.67. The lowest BCUT2D eigenvalue weighted by Gasteiger charge is -2.18. The number of rotatable bonds is 8. The summed E-state index contributed by atoms with van der Waals surface area (Å²) in [6.07, 6.45) is 15.6. The second-order valence-electron chi connectivity index (χ2n) is 7.33. The highest BCUT2D eigenvalue weighted by atomic mass is 16.5. The highest BCUT2D eigenvalue weighted by Crippen LogP contribution is 2.32. The third-order valence-corrected chi connectivity index (χ3v) is 5.17. The Morgan fingerprint density at radius 1 is 0.935 bits per heavy atom. The number of hydrogen-bond donors (Lipinski definition) is 0. The van der Waals surface area contributed by atoms with Crippen LogP contribution < -0.4 is 14.2 Å². The highest BCUT2D eigenvalue weighted by Gasteiger charge is 2.14. The molecule has 0 bridgehead atoms. The van der Waals surface area contributed by atoms with Crippen LogP contribution in [-0.2, 0) is 13.0 Å².